The van der Waals surface area contributed by atoms with Gasteiger partial charge in [0.05, 0.1) is 12.6 Å². The molecule has 4 aromatic rings. The predicted molar refractivity (Wildman–Crippen MR) is 127 cm³/mol. The number of carbonyl (C=O) groups is 3. The second kappa shape index (κ2) is 7.88. The summed E-state index contributed by atoms with van der Waals surface area (Å²) in [7, 11) is 1.51. The molecule has 0 bridgehead atoms. The molecule has 3 aromatic carbocycles. The average molecular weight is 478 g/mol. The number of rotatable bonds is 4. The third kappa shape index (κ3) is 3.08. The number of hydrogen-bond acceptors (Lipinski definition) is 4. The van der Waals surface area contributed by atoms with Crippen LogP contribution in [0.15, 0.2) is 54.6 Å². The first-order chi connectivity index (χ1) is 16.3. The second-order valence-electron chi connectivity index (χ2n) is 8.46. The van der Waals surface area contributed by atoms with E-state index in [2.05, 4.69) is 0 Å². The summed E-state index contributed by atoms with van der Waals surface area (Å²) >= 11 is 6.35. The topological polar surface area (TPSA) is 106 Å². The highest BCUT2D eigenvalue weighted by atomic mass is 35.5. The van der Waals surface area contributed by atoms with Crippen LogP contribution in [0.1, 0.15) is 28.0 Å². The minimum atomic E-state index is -1.95. The summed E-state index contributed by atoms with van der Waals surface area (Å²) in [6.07, 6.45) is -0.215. The van der Waals surface area contributed by atoms with Crippen molar-refractivity contribution >= 4 is 51.1 Å². The molecule has 0 unspecified atom stereocenters. The van der Waals surface area contributed by atoms with Gasteiger partial charge in [0, 0.05) is 33.5 Å². The summed E-state index contributed by atoms with van der Waals surface area (Å²) in [5, 5.41) is 22.2. The van der Waals surface area contributed by atoms with Crippen molar-refractivity contribution < 1.29 is 29.3 Å². The summed E-state index contributed by atoms with van der Waals surface area (Å²) in [5.74, 6) is -2.53. The Balaban J connectivity index is 1.78. The number of hydrogen-bond donors (Lipinski definition) is 2. The summed E-state index contributed by atoms with van der Waals surface area (Å²) in [4.78, 5) is 38.0. The van der Waals surface area contributed by atoms with Crippen molar-refractivity contribution in [1.82, 2.24) is 4.57 Å². The molecule has 1 heterocycles. The molecule has 0 fully saturated rings. The van der Waals surface area contributed by atoms with Crippen LogP contribution in [0.25, 0.3) is 21.7 Å². The molecule has 1 aliphatic carbocycles. The van der Waals surface area contributed by atoms with Gasteiger partial charge in [-0.2, -0.15) is 0 Å². The molecular weight excluding hydrogens is 458 g/mol. The molecule has 0 radical (unpaired) electrons. The number of aliphatic carboxylic acids is 2. The van der Waals surface area contributed by atoms with Crippen molar-refractivity contribution in [3.63, 3.8) is 0 Å². The molecule has 0 spiro atoms. The Morgan fingerprint density at radius 3 is 2.35 bits per heavy atom. The number of methoxy groups -OCH3 is 1. The highest BCUT2D eigenvalue weighted by Crippen LogP contribution is 2.42. The number of benzene rings is 3. The van der Waals surface area contributed by atoms with Crippen molar-refractivity contribution in [1.29, 1.82) is 0 Å². The Labute approximate surface area is 199 Å². The number of nitrogens with zero attached hydrogens (tertiary/aromatic N) is 1. The fourth-order valence-corrected chi connectivity index (χ4v) is 5.18. The maximum atomic E-state index is 14.0. The van der Waals surface area contributed by atoms with Crippen LogP contribution in [0.5, 0.6) is 5.75 Å². The van der Waals surface area contributed by atoms with Crippen LogP contribution in [0.2, 0.25) is 5.02 Å². The quantitative estimate of drug-likeness (QED) is 0.409. The van der Waals surface area contributed by atoms with E-state index in [1.54, 1.807) is 34.9 Å². The van der Waals surface area contributed by atoms with Crippen LogP contribution in [0.4, 0.5) is 0 Å². The van der Waals surface area contributed by atoms with E-state index < -0.39 is 17.4 Å². The Bertz CT molecular complexity index is 1510. The van der Waals surface area contributed by atoms with Gasteiger partial charge in [0.1, 0.15) is 5.75 Å². The van der Waals surface area contributed by atoms with E-state index in [-0.39, 0.29) is 25.2 Å². The van der Waals surface area contributed by atoms with Crippen LogP contribution in [-0.4, -0.2) is 39.7 Å². The monoisotopic (exact) mass is 477 g/mol. The van der Waals surface area contributed by atoms with Crippen LogP contribution >= 0.6 is 11.6 Å². The molecule has 1 aromatic heterocycles. The van der Waals surface area contributed by atoms with Crippen molar-refractivity contribution in [3.05, 3.63) is 76.4 Å². The molecule has 5 rings (SSSR count). The van der Waals surface area contributed by atoms with Gasteiger partial charge in [-0.05, 0) is 54.1 Å². The van der Waals surface area contributed by atoms with Crippen LogP contribution in [0, 0.1) is 5.41 Å². The Morgan fingerprint density at radius 2 is 1.68 bits per heavy atom. The maximum absolute atomic E-state index is 14.0. The van der Waals surface area contributed by atoms with E-state index in [4.69, 9.17) is 16.3 Å². The van der Waals surface area contributed by atoms with Gasteiger partial charge in [-0.25, -0.2) is 0 Å². The number of carbonyl (C=O) groups excluding carboxylic acids is 1. The molecule has 8 heteroatoms. The first-order valence-electron chi connectivity index (χ1n) is 10.7. The van der Waals surface area contributed by atoms with E-state index in [1.165, 1.54) is 7.11 Å². The zero-order valence-electron chi connectivity index (χ0n) is 18.2. The lowest BCUT2D eigenvalue weighted by Gasteiger charge is -2.29. The Hall–Kier alpha value is -3.84. The Kier molecular flexibility index (Phi) is 5.10. The lowest BCUT2D eigenvalue weighted by molar-refractivity contribution is -0.165. The molecule has 34 heavy (non-hydrogen) atoms. The summed E-state index contributed by atoms with van der Waals surface area (Å²) in [5.41, 5.74) is 0.220. The van der Waals surface area contributed by atoms with Gasteiger partial charge in [0.25, 0.3) is 5.91 Å². The fraction of sp³-hybridized carbons (Fsp3) is 0.192. The summed E-state index contributed by atoms with van der Waals surface area (Å²) < 4.78 is 6.92. The smallest absolute Gasteiger partial charge is 0.321 e. The highest BCUT2D eigenvalue weighted by Gasteiger charge is 2.50. The molecule has 0 amide bonds. The Morgan fingerprint density at radius 1 is 0.971 bits per heavy atom. The van der Waals surface area contributed by atoms with Crippen LogP contribution < -0.4 is 4.74 Å². The fourth-order valence-electron chi connectivity index (χ4n) is 4.95. The second-order valence-corrected chi connectivity index (χ2v) is 8.87. The van der Waals surface area contributed by atoms with Gasteiger partial charge >= 0.3 is 11.9 Å². The van der Waals surface area contributed by atoms with Gasteiger partial charge in [0.2, 0.25) is 0 Å². The summed E-state index contributed by atoms with van der Waals surface area (Å²) in [6.45, 7) is 0. The lowest BCUT2D eigenvalue weighted by Crippen LogP contribution is -2.44. The van der Waals surface area contributed by atoms with E-state index >= 15 is 0 Å². The van der Waals surface area contributed by atoms with Crippen molar-refractivity contribution in [3.8, 4) is 5.75 Å². The van der Waals surface area contributed by atoms with E-state index in [0.29, 0.717) is 43.9 Å². The van der Waals surface area contributed by atoms with Gasteiger partial charge in [-0.1, -0.05) is 35.9 Å². The highest BCUT2D eigenvalue weighted by molar-refractivity contribution is 6.36. The third-order valence-corrected chi connectivity index (χ3v) is 7.11. The molecule has 7 nitrogen and oxygen atoms in total. The lowest BCUT2D eigenvalue weighted by atomic mass is 9.72. The first-order valence-corrected chi connectivity index (χ1v) is 11.1. The zero-order chi connectivity index (χ0) is 24.2. The first kappa shape index (κ1) is 22.0. The van der Waals surface area contributed by atoms with Crippen molar-refractivity contribution in [2.45, 2.75) is 19.3 Å². The number of carboxylic acids is 2. The predicted octanol–water partition coefficient (Wildman–Crippen LogP) is 4.79. The van der Waals surface area contributed by atoms with Crippen LogP contribution in [0.3, 0.4) is 0 Å². The normalized spacial score (nSPS) is 14.6. The minimum absolute atomic E-state index is 0.118. The van der Waals surface area contributed by atoms with E-state index in [0.717, 1.165) is 5.39 Å². The summed E-state index contributed by atoms with van der Waals surface area (Å²) in [6, 6.07) is 15.9. The van der Waals surface area contributed by atoms with Crippen LogP contribution in [-0.2, 0) is 22.4 Å². The van der Waals surface area contributed by atoms with Gasteiger partial charge in [0.15, 0.2) is 5.41 Å². The standard InChI is InChI=1S/C26H20ClNO6/c1-34-14-6-9-21-18(12-14)19-13-26(24(30)31,25(32)33)11-10-22(19)28(21)23(29)17-7-8-20(27)16-5-3-2-4-15(16)17/h2-9,12H,10-11,13H2,1H3,(H,30,31)(H,32,33). The van der Waals surface area contributed by atoms with E-state index in [1.807, 2.05) is 24.3 Å². The van der Waals surface area contributed by atoms with Gasteiger partial charge in [-0.3, -0.25) is 19.0 Å². The zero-order valence-corrected chi connectivity index (χ0v) is 18.9. The molecule has 0 atom stereocenters. The van der Waals surface area contributed by atoms with Gasteiger partial charge in [-0.15, -0.1) is 0 Å². The molecule has 0 aliphatic heterocycles. The van der Waals surface area contributed by atoms with Crippen molar-refractivity contribution in [2.75, 3.05) is 7.11 Å². The third-order valence-electron chi connectivity index (χ3n) is 6.78. The molecular formula is C26H20ClNO6. The number of halogens is 1. The van der Waals surface area contributed by atoms with Crippen molar-refractivity contribution in [2.24, 2.45) is 5.41 Å². The minimum Gasteiger partial charge on any atom is -0.497 e. The average Bonchev–Trinajstić information content (AvgIpc) is 3.16. The molecule has 2 N–H and O–H groups in total. The number of ether oxygens (including phenoxy) is 1. The molecule has 172 valence electrons. The van der Waals surface area contributed by atoms with E-state index in [9.17, 15) is 24.6 Å². The van der Waals surface area contributed by atoms with Gasteiger partial charge < -0.3 is 14.9 Å². The SMILES string of the molecule is COc1ccc2c(c1)c1c(n2C(=O)c2ccc(Cl)c3ccccc23)CCC(C(=O)O)(C(=O)O)C1. The maximum Gasteiger partial charge on any atom is 0.321 e. The number of aromatic nitrogens is 1. The largest absolute Gasteiger partial charge is 0.497 e. The molecule has 0 saturated carbocycles. The molecule has 0 saturated heterocycles. The number of fused-ring (bicyclic) bond motifs is 4. The number of carboxylic acid groups (broad SMARTS) is 2. The molecule has 1 aliphatic rings.